The Morgan fingerprint density at radius 2 is 2.00 bits per heavy atom. The molecule has 102 valence electrons. The molecular weight excluding hydrogens is 240 g/mol. The first kappa shape index (κ1) is 14.0. The van der Waals surface area contributed by atoms with Crippen molar-refractivity contribution in [1.82, 2.24) is 4.98 Å². The van der Waals surface area contributed by atoms with Crippen LogP contribution >= 0.6 is 11.3 Å². The third-order valence-electron chi connectivity index (χ3n) is 4.52. The molecule has 0 radical (unpaired) electrons. The summed E-state index contributed by atoms with van der Waals surface area (Å²) < 4.78 is 0. The van der Waals surface area contributed by atoms with Crippen molar-refractivity contribution in [1.29, 1.82) is 0 Å². The van der Waals surface area contributed by atoms with Gasteiger partial charge in [-0.05, 0) is 49.4 Å². The lowest BCUT2D eigenvalue weighted by Gasteiger charge is -2.38. The minimum Gasteiger partial charge on any atom is -0.327 e. The van der Waals surface area contributed by atoms with Gasteiger partial charge in [-0.3, -0.25) is 4.98 Å². The van der Waals surface area contributed by atoms with Crippen LogP contribution in [0.25, 0.3) is 0 Å². The Morgan fingerprint density at radius 3 is 2.50 bits per heavy atom. The first-order valence-corrected chi connectivity index (χ1v) is 7.97. The molecule has 1 atom stereocenters. The Kier molecular flexibility index (Phi) is 4.44. The molecule has 1 aromatic rings. The van der Waals surface area contributed by atoms with Crippen LogP contribution in [0.15, 0.2) is 11.7 Å². The van der Waals surface area contributed by atoms with E-state index < -0.39 is 0 Å². The summed E-state index contributed by atoms with van der Waals surface area (Å²) in [5.41, 5.74) is 8.74. The van der Waals surface area contributed by atoms with Crippen LogP contribution in [0.3, 0.4) is 0 Å². The van der Waals surface area contributed by atoms with Gasteiger partial charge in [0.1, 0.15) is 0 Å². The Bertz CT molecular complexity index is 345. The van der Waals surface area contributed by atoms with Crippen molar-refractivity contribution < 1.29 is 0 Å². The van der Waals surface area contributed by atoms with Gasteiger partial charge in [0.25, 0.3) is 0 Å². The third-order valence-corrected chi connectivity index (χ3v) is 5.32. The highest BCUT2D eigenvalue weighted by molar-refractivity contribution is 7.09. The van der Waals surface area contributed by atoms with Crippen LogP contribution in [0.2, 0.25) is 0 Å². The average Bonchev–Trinajstić information content (AvgIpc) is 2.81. The van der Waals surface area contributed by atoms with Crippen LogP contribution in [0.4, 0.5) is 0 Å². The molecule has 3 heteroatoms. The van der Waals surface area contributed by atoms with E-state index in [4.69, 9.17) is 5.73 Å². The Balaban J connectivity index is 1.82. The molecular formula is C15H26N2S. The Labute approximate surface area is 115 Å². The zero-order valence-electron chi connectivity index (χ0n) is 11.9. The van der Waals surface area contributed by atoms with Crippen LogP contribution in [-0.2, 0) is 6.42 Å². The van der Waals surface area contributed by atoms with Crippen molar-refractivity contribution >= 4 is 11.3 Å². The summed E-state index contributed by atoms with van der Waals surface area (Å²) in [4.78, 5) is 5.46. The predicted octanol–water partition coefficient (Wildman–Crippen LogP) is 3.87. The summed E-state index contributed by atoms with van der Waals surface area (Å²) in [5.74, 6) is 1.59. The predicted molar refractivity (Wildman–Crippen MR) is 78.7 cm³/mol. The van der Waals surface area contributed by atoms with Gasteiger partial charge in [-0.1, -0.05) is 20.8 Å². The summed E-state index contributed by atoms with van der Waals surface area (Å²) >= 11 is 1.73. The van der Waals surface area contributed by atoms with Crippen LogP contribution in [-0.4, -0.2) is 11.0 Å². The molecule has 18 heavy (non-hydrogen) atoms. The fourth-order valence-electron chi connectivity index (χ4n) is 3.16. The lowest BCUT2D eigenvalue weighted by atomic mass is 9.68. The first-order chi connectivity index (χ1) is 8.47. The van der Waals surface area contributed by atoms with E-state index in [0.29, 0.717) is 17.4 Å². The molecule has 0 aliphatic heterocycles. The molecule has 0 aromatic carbocycles. The molecule has 1 fully saturated rings. The van der Waals surface area contributed by atoms with Crippen molar-refractivity contribution in [3.8, 4) is 0 Å². The smallest absolute Gasteiger partial charge is 0.0794 e. The molecule has 0 bridgehead atoms. The standard InChI is InChI=1S/C15H26N2S/c1-15(2,3)12-6-4-11(5-7-12)14(16)8-13-9-17-10-18-13/h9-12,14H,4-8,16H2,1-3H3. The number of hydrogen-bond acceptors (Lipinski definition) is 3. The summed E-state index contributed by atoms with van der Waals surface area (Å²) in [6.45, 7) is 7.11. The first-order valence-electron chi connectivity index (χ1n) is 7.10. The molecule has 0 amide bonds. The molecule has 0 spiro atoms. The molecule has 1 heterocycles. The zero-order valence-corrected chi connectivity index (χ0v) is 12.7. The van der Waals surface area contributed by atoms with Gasteiger partial charge in [-0.2, -0.15) is 0 Å². The summed E-state index contributed by atoms with van der Waals surface area (Å²) in [6, 6.07) is 0.325. The van der Waals surface area contributed by atoms with Gasteiger partial charge >= 0.3 is 0 Å². The number of aromatic nitrogens is 1. The van der Waals surface area contributed by atoms with Gasteiger partial charge in [0.15, 0.2) is 0 Å². The molecule has 2 N–H and O–H groups in total. The van der Waals surface area contributed by atoms with E-state index in [1.807, 2.05) is 11.7 Å². The van der Waals surface area contributed by atoms with E-state index in [2.05, 4.69) is 25.8 Å². The summed E-state index contributed by atoms with van der Waals surface area (Å²) in [6.07, 6.45) is 8.29. The molecule has 1 aliphatic rings. The molecule has 2 rings (SSSR count). The molecule has 0 saturated heterocycles. The van der Waals surface area contributed by atoms with Crippen molar-refractivity contribution in [3.63, 3.8) is 0 Å². The van der Waals surface area contributed by atoms with Crippen molar-refractivity contribution in [3.05, 3.63) is 16.6 Å². The number of hydrogen-bond donors (Lipinski definition) is 1. The lowest BCUT2D eigenvalue weighted by Crippen LogP contribution is -2.36. The summed E-state index contributed by atoms with van der Waals surface area (Å²) in [7, 11) is 0. The maximum atomic E-state index is 6.37. The van der Waals surface area contributed by atoms with Gasteiger partial charge in [0.2, 0.25) is 0 Å². The van der Waals surface area contributed by atoms with Crippen LogP contribution < -0.4 is 5.73 Å². The quantitative estimate of drug-likeness (QED) is 0.902. The fraction of sp³-hybridized carbons (Fsp3) is 0.800. The van der Waals surface area contributed by atoms with Crippen LogP contribution in [0.1, 0.15) is 51.3 Å². The second-order valence-corrected chi connectivity index (χ2v) is 7.78. The SMILES string of the molecule is CC(C)(C)C1CCC(C(N)Cc2cncs2)CC1. The average molecular weight is 266 g/mol. The number of thiazole rings is 1. The second kappa shape index (κ2) is 5.70. The van der Waals surface area contributed by atoms with Gasteiger partial charge in [-0.25, -0.2) is 0 Å². The molecule has 1 aliphatic carbocycles. The monoisotopic (exact) mass is 266 g/mol. The van der Waals surface area contributed by atoms with E-state index >= 15 is 0 Å². The largest absolute Gasteiger partial charge is 0.327 e. The number of rotatable bonds is 3. The van der Waals surface area contributed by atoms with Crippen molar-refractivity contribution in [2.24, 2.45) is 23.0 Å². The minimum atomic E-state index is 0.325. The highest BCUT2D eigenvalue weighted by Crippen LogP contribution is 2.40. The van der Waals surface area contributed by atoms with Gasteiger partial charge in [-0.15, -0.1) is 11.3 Å². The van der Waals surface area contributed by atoms with E-state index in [-0.39, 0.29) is 0 Å². The molecule has 1 aromatic heterocycles. The highest BCUT2D eigenvalue weighted by Gasteiger charge is 2.31. The maximum Gasteiger partial charge on any atom is 0.0794 e. The summed E-state index contributed by atoms with van der Waals surface area (Å²) in [5, 5.41) is 0. The molecule has 2 nitrogen and oxygen atoms in total. The second-order valence-electron chi connectivity index (χ2n) is 6.81. The third kappa shape index (κ3) is 3.55. The van der Waals surface area contributed by atoms with E-state index in [9.17, 15) is 0 Å². The van der Waals surface area contributed by atoms with Gasteiger partial charge in [0.05, 0.1) is 5.51 Å². The van der Waals surface area contributed by atoms with Crippen LogP contribution in [0.5, 0.6) is 0 Å². The van der Waals surface area contributed by atoms with E-state index in [1.54, 1.807) is 11.3 Å². The lowest BCUT2D eigenvalue weighted by molar-refractivity contribution is 0.139. The van der Waals surface area contributed by atoms with E-state index in [1.165, 1.54) is 30.6 Å². The zero-order chi connectivity index (χ0) is 13.2. The maximum absolute atomic E-state index is 6.37. The molecule has 1 unspecified atom stereocenters. The Morgan fingerprint density at radius 1 is 1.33 bits per heavy atom. The van der Waals surface area contributed by atoms with Gasteiger partial charge < -0.3 is 5.73 Å². The highest BCUT2D eigenvalue weighted by atomic mass is 32.1. The normalized spacial score (nSPS) is 27.1. The van der Waals surface area contributed by atoms with Gasteiger partial charge in [0, 0.05) is 17.1 Å². The minimum absolute atomic E-state index is 0.325. The number of nitrogens with two attached hydrogens (primary N) is 1. The topological polar surface area (TPSA) is 38.9 Å². The van der Waals surface area contributed by atoms with E-state index in [0.717, 1.165) is 12.3 Å². The van der Waals surface area contributed by atoms with Crippen molar-refractivity contribution in [2.75, 3.05) is 0 Å². The van der Waals surface area contributed by atoms with Crippen molar-refractivity contribution in [2.45, 2.75) is 58.9 Å². The van der Waals surface area contributed by atoms with Crippen LogP contribution in [0, 0.1) is 17.3 Å². The Hall–Kier alpha value is -0.410. The number of nitrogens with zero attached hydrogens (tertiary/aromatic N) is 1. The molecule has 1 saturated carbocycles. The fourth-order valence-corrected chi connectivity index (χ4v) is 3.82.